The van der Waals surface area contributed by atoms with Crippen LogP contribution in [0.4, 0.5) is 5.69 Å². The molecule has 6 heteroatoms. The molecule has 1 aromatic carbocycles. The molecular formula is C18H27NO5. The Bertz CT molecular complexity index is 573. The summed E-state index contributed by atoms with van der Waals surface area (Å²) in [5.41, 5.74) is -0.163. The SMILES string of the molecule is CCCO[C@@](C)(CCC)C(=O)Nc1ccc(OC)c(C(=O)OC)c1. The first kappa shape index (κ1) is 20.0. The van der Waals surface area contributed by atoms with E-state index < -0.39 is 11.6 Å². The lowest BCUT2D eigenvalue weighted by Gasteiger charge is -2.28. The van der Waals surface area contributed by atoms with E-state index in [0.29, 0.717) is 24.5 Å². The zero-order valence-corrected chi connectivity index (χ0v) is 15.1. The van der Waals surface area contributed by atoms with Crippen LogP contribution >= 0.6 is 0 Å². The van der Waals surface area contributed by atoms with Crippen molar-refractivity contribution in [3.05, 3.63) is 23.8 Å². The average Bonchev–Trinajstić information content (AvgIpc) is 2.59. The smallest absolute Gasteiger partial charge is 0.341 e. The maximum absolute atomic E-state index is 12.7. The van der Waals surface area contributed by atoms with Crippen molar-refractivity contribution in [3.8, 4) is 5.75 Å². The molecule has 0 aliphatic rings. The molecule has 0 heterocycles. The number of ether oxygens (including phenoxy) is 3. The minimum Gasteiger partial charge on any atom is -0.496 e. The fraction of sp³-hybridized carbons (Fsp3) is 0.556. The molecule has 1 amide bonds. The maximum Gasteiger partial charge on any atom is 0.341 e. The van der Waals surface area contributed by atoms with Gasteiger partial charge in [0.2, 0.25) is 0 Å². The molecule has 0 fully saturated rings. The topological polar surface area (TPSA) is 73.9 Å². The highest BCUT2D eigenvalue weighted by molar-refractivity contribution is 5.99. The number of methoxy groups -OCH3 is 2. The van der Waals surface area contributed by atoms with Crippen molar-refractivity contribution in [1.29, 1.82) is 0 Å². The van der Waals surface area contributed by atoms with E-state index in [1.54, 1.807) is 19.1 Å². The molecule has 0 aliphatic heterocycles. The standard InChI is InChI=1S/C18H27NO5/c1-6-10-18(3,24-11-7-2)17(21)19-13-8-9-15(22-4)14(12-13)16(20)23-5/h8-9,12H,6-7,10-11H2,1-5H3,(H,19,21)/t18-/m0/s1. The number of carbonyl (C=O) groups is 2. The number of hydrogen-bond acceptors (Lipinski definition) is 5. The highest BCUT2D eigenvalue weighted by Gasteiger charge is 2.33. The molecule has 0 aliphatic carbocycles. The Morgan fingerprint density at radius 1 is 1.17 bits per heavy atom. The van der Waals surface area contributed by atoms with Gasteiger partial charge in [-0.15, -0.1) is 0 Å². The van der Waals surface area contributed by atoms with Crippen LogP contribution in [0.2, 0.25) is 0 Å². The third-order valence-corrected chi connectivity index (χ3v) is 3.69. The van der Waals surface area contributed by atoms with Crippen LogP contribution in [0.15, 0.2) is 18.2 Å². The summed E-state index contributed by atoms with van der Waals surface area (Å²) in [6.07, 6.45) is 2.27. The zero-order valence-electron chi connectivity index (χ0n) is 15.1. The molecule has 0 radical (unpaired) electrons. The highest BCUT2D eigenvalue weighted by atomic mass is 16.5. The van der Waals surface area contributed by atoms with Crippen molar-refractivity contribution in [1.82, 2.24) is 0 Å². The van der Waals surface area contributed by atoms with Gasteiger partial charge in [0.15, 0.2) is 0 Å². The fourth-order valence-electron chi connectivity index (χ4n) is 2.37. The number of nitrogens with one attached hydrogen (secondary N) is 1. The molecule has 0 bridgehead atoms. The Kier molecular flexibility index (Phi) is 7.71. The average molecular weight is 337 g/mol. The lowest BCUT2D eigenvalue weighted by Crippen LogP contribution is -2.43. The molecule has 1 rings (SSSR count). The number of hydrogen-bond donors (Lipinski definition) is 1. The third kappa shape index (κ3) is 4.96. The van der Waals surface area contributed by atoms with Gasteiger partial charge in [-0.05, 0) is 38.0 Å². The predicted molar refractivity (Wildman–Crippen MR) is 92.5 cm³/mol. The van der Waals surface area contributed by atoms with Crippen LogP contribution < -0.4 is 10.1 Å². The number of anilines is 1. The number of amides is 1. The molecule has 6 nitrogen and oxygen atoms in total. The van der Waals surface area contributed by atoms with Crippen molar-refractivity contribution in [3.63, 3.8) is 0 Å². The van der Waals surface area contributed by atoms with E-state index in [1.807, 2.05) is 13.8 Å². The molecule has 0 unspecified atom stereocenters. The Morgan fingerprint density at radius 3 is 2.42 bits per heavy atom. The lowest BCUT2D eigenvalue weighted by atomic mass is 9.98. The van der Waals surface area contributed by atoms with Gasteiger partial charge in [0, 0.05) is 12.3 Å². The van der Waals surface area contributed by atoms with Crippen LogP contribution in [0, 0.1) is 0 Å². The van der Waals surface area contributed by atoms with Gasteiger partial charge in [0.25, 0.3) is 5.91 Å². The number of benzene rings is 1. The first-order chi connectivity index (χ1) is 11.4. The first-order valence-electron chi connectivity index (χ1n) is 8.13. The van der Waals surface area contributed by atoms with Gasteiger partial charge >= 0.3 is 5.97 Å². The second-order valence-electron chi connectivity index (χ2n) is 5.69. The second-order valence-corrected chi connectivity index (χ2v) is 5.69. The summed E-state index contributed by atoms with van der Waals surface area (Å²) in [6.45, 7) is 6.30. The molecule has 1 N–H and O–H groups in total. The monoisotopic (exact) mass is 337 g/mol. The van der Waals surface area contributed by atoms with E-state index in [0.717, 1.165) is 12.8 Å². The summed E-state index contributed by atoms with van der Waals surface area (Å²) in [6, 6.07) is 4.83. The molecule has 1 aromatic rings. The number of rotatable bonds is 9. The third-order valence-electron chi connectivity index (χ3n) is 3.69. The Balaban J connectivity index is 3.01. The lowest BCUT2D eigenvalue weighted by molar-refractivity contribution is -0.140. The van der Waals surface area contributed by atoms with E-state index in [-0.39, 0.29) is 11.5 Å². The van der Waals surface area contributed by atoms with Crippen LogP contribution in [-0.4, -0.2) is 38.3 Å². The summed E-state index contributed by atoms with van der Waals surface area (Å²) >= 11 is 0. The van der Waals surface area contributed by atoms with E-state index in [4.69, 9.17) is 14.2 Å². The van der Waals surface area contributed by atoms with Crippen LogP contribution in [-0.2, 0) is 14.3 Å². The summed E-state index contributed by atoms with van der Waals surface area (Å²) in [4.78, 5) is 24.5. The summed E-state index contributed by atoms with van der Waals surface area (Å²) in [5, 5.41) is 2.82. The molecule has 0 spiro atoms. The number of carbonyl (C=O) groups excluding carboxylic acids is 2. The second kappa shape index (κ2) is 9.27. The molecule has 0 saturated heterocycles. The van der Waals surface area contributed by atoms with Gasteiger partial charge in [0.1, 0.15) is 16.9 Å². The van der Waals surface area contributed by atoms with Crippen LogP contribution in [0.25, 0.3) is 0 Å². The van der Waals surface area contributed by atoms with Gasteiger partial charge in [-0.2, -0.15) is 0 Å². The largest absolute Gasteiger partial charge is 0.496 e. The van der Waals surface area contributed by atoms with E-state index in [9.17, 15) is 9.59 Å². The van der Waals surface area contributed by atoms with Gasteiger partial charge < -0.3 is 19.5 Å². The summed E-state index contributed by atoms with van der Waals surface area (Å²) < 4.78 is 15.7. The highest BCUT2D eigenvalue weighted by Crippen LogP contribution is 2.26. The molecule has 134 valence electrons. The predicted octanol–water partition coefficient (Wildman–Crippen LogP) is 3.41. The maximum atomic E-state index is 12.7. The molecule has 1 atom stereocenters. The number of esters is 1. The minimum absolute atomic E-state index is 0.237. The van der Waals surface area contributed by atoms with E-state index >= 15 is 0 Å². The van der Waals surface area contributed by atoms with Gasteiger partial charge in [-0.1, -0.05) is 20.3 Å². The fourth-order valence-corrected chi connectivity index (χ4v) is 2.37. The van der Waals surface area contributed by atoms with Gasteiger partial charge in [0.05, 0.1) is 14.2 Å². The minimum atomic E-state index is -0.907. The van der Waals surface area contributed by atoms with Crippen molar-refractivity contribution in [2.75, 3.05) is 26.1 Å². The van der Waals surface area contributed by atoms with Crippen LogP contribution in [0.1, 0.15) is 50.4 Å². The van der Waals surface area contributed by atoms with Crippen molar-refractivity contribution >= 4 is 17.6 Å². The van der Waals surface area contributed by atoms with E-state index in [1.165, 1.54) is 20.3 Å². The van der Waals surface area contributed by atoms with Crippen molar-refractivity contribution in [2.24, 2.45) is 0 Å². The first-order valence-corrected chi connectivity index (χ1v) is 8.13. The molecule has 0 saturated carbocycles. The van der Waals surface area contributed by atoms with Crippen molar-refractivity contribution < 1.29 is 23.8 Å². The van der Waals surface area contributed by atoms with Crippen LogP contribution in [0.5, 0.6) is 5.75 Å². The zero-order chi connectivity index (χ0) is 18.2. The van der Waals surface area contributed by atoms with Gasteiger partial charge in [-0.3, -0.25) is 4.79 Å². The van der Waals surface area contributed by atoms with Crippen molar-refractivity contribution in [2.45, 2.75) is 45.6 Å². The Labute approximate surface area is 143 Å². The quantitative estimate of drug-likeness (QED) is 0.699. The summed E-state index contributed by atoms with van der Waals surface area (Å²) in [7, 11) is 2.76. The Morgan fingerprint density at radius 2 is 1.88 bits per heavy atom. The normalized spacial score (nSPS) is 13.0. The molecule has 24 heavy (non-hydrogen) atoms. The molecule has 0 aromatic heterocycles. The molecular weight excluding hydrogens is 310 g/mol. The van der Waals surface area contributed by atoms with Gasteiger partial charge in [-0.25, -0.2) is 4.79 Å². The summed E-state index contributed by atoms with van der Waals surface area (Å²) in [5.74, 6) is -0.376. The van der Waals surface area contributed by atoms with E-state index in [2.05, 4.69) is 5.32 Å². The Hall–Kier alpha value is -2.08. The van der Waals surface area contributed by atoms with Crippen LogP contribution in [0.3, 0.4) is 0 Å².